The van der Waals surface area contributed by atoms with Crippen molar-refractivity contribution in [1.29, 1.82) is 0 Å². The number of carbonyl (C=O) groups excluding carboxylic acids is 1. The summed E-state index contributed by atoms with van der Waals surface area (Å²) in [7, 11) is 0. The summed E-state index contributed by atoms with van der Waals surface area (Å²) in [6.07, 6.45) is 1.99. The van der Waals surface area contributed by atoms with Gasteiger partial charge in [0.2, 0.25) is 5.91 Å². The fraction of sp³-hybridized carbons (Fsp3) is 0.588. The van der Waals surface area contributed by atoms with Gasteiger partial charge in [0.15, 0.2) is 0 Å². The Morgan fingerprint density at radius 3 is 2.73 bits per heavy atom. The van der Waals surface area contributed by atoms with Crippen LogP contribution in [-0.2, 0) is 11.3 Å². The number of benzene rings is 1. The van der Waals surface area contributed by atoms with E-state index in [0.29, 0.717) is 10.0 Å². The zero-order valence-electron chi connectivity index (χ0n) is 13.5. The van der Waals surface area contributed by atoms with E-state index in [0.717, 1.165) is 38.0 Å². The molecule has 1 aliphatic rings. The number of rotatable bonds is 3. The van der Waals surface area contributed by atoms with Gasteiger partial charge in [-0.25, -0.2) is 0 Å². The molecular formula is C17H24Cl2N2O. The molecule has 5 heteroatoms. The van der Waals surface area contributed by atoms with Gasteiger partial charge in [-0.1, -0.05) is 29.3 Å². The molecule has 1 N–H and O–H groups in total. The van der Waals surface area contributed by atoms with Gasteiger partial charge < -0.3 is 5.32 Å². The highest BCUT2D eigenvalue weighted by molar-refractivity contribution is 6.35. The first-order chi connectivity index (χ1) is 10.2. The second-order valence-corrected chi connectivity index (χ2v) is 7.89. The van der Waals surface area contributed by atoms with Crippen LogP contribution in [0.2, 0.25) is 10.0 Å². The van der Waals surface area contributed by atoms with Crippen molar-refractivity contribution in [2.75, 3.05) is 13.1 Å². The van der Waals surface area contributed by atoms with E-state index in [1.165, 1.54) is 0 Å². The number of carbonyl (C=O) groups is 1. The van der Waals surface area contributed by atoms with Crippen LogP contribution in [0, 0.1) is 5.92 Å². The van der Waals surface area contributed by atoms with Crippen LogP contribution in [0.15, 0.2) is 18.2 Å². The van der Waals surface area contributed by atoms with Crippen molar-refractivity contribution >= 4 is 29.1 Å². The second-order valence-electron chi connectivity index (χ2n) is 7.05. The lowest BCUT2D eigenvalue weighted by atomic mass is 9.95. The molecule has 122 valence electrons. The summed E-state index contributed by atoms with van der Waals surface area (Å²) in [5, 5.41) is 4.42. The van der Waals surface area contributed by atoms with Crippen LogP contribution in [0.1, 0.15) is 39.2 Å². The Morgan fingerprint density at radius 2 is 2.09 bits per heavy atom. The zero-order valence-corrected chi connectivity index (χ0v) is 15.0. The molecule has 0 radical (unpaired) electrons. The van der Waals surface area contributed by atoms with Crippen LogP contribution in [0.5, 0.6) is 0 Å². The lowest BCUT2D eigenvalue weighted by molar-refractivity contribution is -0.128. The molecule has 1 heterocycles. The Kier molecular flexibility index (Phi) is 5.76. The average Bonchev–Trinajstić information content (AvgIpc) is 2.40. The van der Waals surface area contributed by atoms with E-state index in [1.54, 1.807) is 6.07 Å². The van der Waals surface area contributed by atoms with E-state index in [9.17, 15) is 4.79 Å². The molecule has 1 aromatic rings. The number of halogens is 2. The number of hydrogen-bond acceptors (Lipinski definition) is 2. The summed E-state index contributed by atoms with van der Waals surface area (Å²) in [5.41, 5.74) is 0.877. The first-order valence-corrected chi connectivity index (χ1v) is 8.48. The summed E-state index contributed by atoms with van der Waals surface area (Å²) < 4.78 is 0. The van der Waals surface area contributed by atoms with E-state index in [4.69, 9.17) is 23.2 Å². The molecule has 0 bridgehead atoms. The largest absolute Gasteiger partial charge is 0.351 e. The predicted octanol–water partition coefficient (Wildman–Crippen LogP) is 4.12. The summed E-state index contributed by atoms with van der Waals surface area (Å²) in [6.45, 7) is 8.57. The highest BCUT2D eigenvalue weighted by Gasteiger charge is 2.28. The molecule has 1 atom stereocenters. The smallest absolute Gasteiger partial charge is 0.224 e. The maximum atomic E-state index is 12.3. The quantitative estimate of drug-likeness (QED) is 0.895. The monoisotopic (exact) mass is 342 g/mol. The SMILES string of the molecule is CC(C)(C)NC(=O)[C@H]1CCCN(Cc2ccc(Cl)cc2Cl)C1. The minimum absolute atomic E-state index is 0.0547. The number of nitrogens with zero attached hydrogens (tertiary/aromatic N) is 1. The minimum Gasteiger partial charge on any atom is -0.351 e. The van der Waals surface area contributed by atoms with Gasteiger partial charge in [0.05, 0.1) is 5.92 Å². The molecule has 0 spiro atoms. The summed E-state index contributed by atoms with van der Waals surface area (Å²) in [6, 6.07) is 5.59. The van der Waals surface area contributed by atoms with Crippen LogP contribution < -0.4 is 5.32 Å². The molecule has 2 rings (SSSR count). The summed E-state index contributed by atoms with van der Waals surface area (Å²) in [4.78, 5) is 14.6. The van der Waals surface area contributed by atoms with Crippen molar-refractivity contribution in [2.45, 2.75) is 45.7 Å². The molecule has 0 aliphatic carbocycles. The number of likely N-dealkylation sites (tertiary alicyclic amines) is 1. The summed E-state index contributed by atoms with van der Waals surface area (Å²) in [5.74, 6) is 0.207. The van der Waals surface area contributed by atoms with Gasteiger partial charge in [-0.05, 0) is 57.9 Å². The van der Waals surface area contributed by atoms with Crippen LogP contribution in [0.25, 0.3) is 0 Å². The second kappa shape index (κ2) is 7.20. The number of hydrogen-bond donors (Lipinski definition) is 1. The molecule has 0 unspecified atom stereocenters. The molecule has 3 nitrogen and oxygen atoms in total. The number of piperidine rings is 1. The fourth-order valence-corrected chi connectivity index (χ4v) is 3.24. The van der Waals surface area contributed by atoms with Gasteiger partial charge >= 0.3 is 0 Å². The molecule has 1 saturated heterocycles. The highest BCUT2D eigenvalue weighted by Crippen LogP contribution is 2.25. The molecule has 1 amide bonds. The molecule has 0 saturated carbocycles. The van der Waals surface area contributed by atoms with Gasteiger partial charge in [-0.2, -0.15) is 0 Å². The molecule has 0 aromatic heterocycles. The van der Waals surface area contributed by atoms with Crippen molar-refractivity contribution in [3.63, 3.8) is 0 Å². The van der Waals surface area contributed by atoms with Gasteiger partial charge in [0.1, 0.15) is 0 Å². The number of amides is 1. The van der Waals surface area contributed by atoms with Gasteiger partial charge in [-0.3, -0.25) is 9.69 Å². The molecule has 22 heavy (non-hydrogen) atoms. The summed E-state index contributed by atoms with van der Waals surface area (Å²) >= 11 is 12.2. The van der Waals surface area contributed by atoms with Gasteiger partial charge in [-0.15, -0.1) is 0 Å². The lowest BCUT2D eigenvalue weighted by Gasteiger charge is -2.34. The van der Waals surface area contributed by atoms with E-state index in [1.807, 2.05) is 32.9 Å². The van der Waals surface area contributed by atoms with Crippen LogP contribution in [0.3, 0.4) is 0 Å². The van der Waals surface area contributed by atoms with E-state index in [2.05, 4.69) is 10.2 Å². The highest BCUT2D eigenvalue weighted by atomic mass is 35.5. The molecule has 1 aliphatic heterocycles. The lowest BCUT2D eigenvalue weighted by Crippen LogP contribution is -2.48. The minimum atomic E-state index is -0.182. The third-order valence-corrected chi connectivity index (χ3v) is 4.37. The Morgan fingerprint density at radius 1 is 1.36 bits per heavy atom. The predicted molar refractivity (Wildman–Crippen MR) is 92.4 cm³/mol. The first-order valence-electron chi connectivity index (χ1n) is 7.73. The maximum Gasteiger partial charge on any atom is 0.224 e. The maximum absolute atomic E-state index is 12.3. The Labute approximate surface area is 143 Å². The Balaban J connectivity index is 1.97. The van der Waals surface area contributed by atoms with E-state index in [-0.39, 0.29) is 17.4 Å². The van der Waals surface area contributed by atoms with Gasteiger partial charge in [0, 0.05) is 28.7 Å². The fourth-order valence-electron chi connectivity index (χ4n) is 2.78. The Bertz CT molecular complexity index is 540. The van der Waals surface area contributed by atoms with E-state index < -0.39 is 0 Å². The topological polar surface area (TPSA) is 32.3 Å². The van der Waals surface area contributed by atoms with Crippen molar-refractivity contribution < 1.29 is 4.79 Å². The standard InChI is InChI=1S/C17H24Cl2N2O/c1-17(2,3)20-16(22)13-5-4-8-21(11-13)10-12-6-7-14(18)9-15(12)19/h6-7,9,13H,4-5,8,10-11H2,1-3H3,(H,20,22)/t13-/m0/s1. The van der Waals surface area contributed by atoms with Crippen molar-refractivity contribution in [1.82, 2.24) is 10.2 Å². The Hall–Kier alpha value is -0.770. The van der Waals surface area contributed by atoms with Crippen molar-refractivity contribution in [3.8, 4) is 0 Å². The van der Waals surface area contributed by atoms with Crippen molar-refractivity contribution in [2.24, 2.45) is 5.92 Å². The molecular weight excluding hydrogens is 319 g/mol. The molecule has 1 aromatic carbocycles. The van der Waals surface area contributed by atoms with Crippen molar-refractivity contribution in [3.05, 3.63) is 33.8 Å². The van der Waals surface area contributed by atoms with Crippen LogP contribution in [-0.4, -0.2) is 29.4 Å². The third-order valence-electron chi connectivity index (χ3n) is 3.78. The number of nitrogens with one attached hydrogen (secondary N) is 1. The first kappa shape index (κ1) is 17.6. The molecule has 1 fully saturated rings. The third kappa shape index (κ3) is 5.15. The van der Waals surface area contributed by atoms with Crippen LogP contribution in [0.4, 0.5) is 0 Å². The zero-order chi connectivity index (χ0) is 16.3. The normalized spacial score (nSPS) is 20.0. The van der Waals surface area contributed by atoms with Gasteiger partial charge in [0.25, 0.3) is 0 Å². The van der Waals surface area contributed by atoms with E-state index >= 15 is 0 Å². The average molecular weight is 343 g/mol. The van der Waals surface area contributed by atoms with Crippen LogP contribution >= 0.6 is 23.2 Å².